The Labute approximate surface area is 203 Å². The first kappa shape index (κ1) is 23.8. The fourth-order valence-corrected chi connectivity index (χ4v) is 4.21. The third-order valence-electron chi connectivity index (χ3n) is 5.78. The number of ether oxygens (including phenoxy) is 3. The zero-order valence-electron chi connectivity index (χ0n) is 19.7. The normalized spacial score (nSPS) is 16.9. The summed E-state index contributed by atoms with van der Waals surface area (Å²) >= 11 is 0. The van der Waals surface area contributed by atoms with E-state index in [-0.39, 0.29) is 17.9 Å². The van der Waals surface area contributed by atoms with Gasteiger partial charge in [-0.1, -0.05) is 18.2 Å². The molecule has 0 saturated carbocycles. The van der Waals surface area contributed by atoms with E-state index in [0.717, 1.165) is 5.56 Å². The van der Waals surface area contributed by atoms with E-state index in [1.807, 2.05) is 13.0 Å². The highest BCUT2D eigenvalue weighted by Gasteiger charge is 2.47. The van der Waals surface area contributed by atoms with Gasteiger partial charge in [-0.05, 0) is 48.9 Å². The van der Waals surface area contributed by atoms with Crippen molar-refractivity contribution in [2.45, 2.75) is 19.5 Å². The molecule has 1 aliphatic heterocycles. The van der Waals surface area contributed by atoms with Crippen molar-refractivity contribution < 1.29 is 28.9 Å². The number of para-hydroxylation sites is 1. The van der Waals surface area contributed by atoms with Crippen LogP contribution in [0.25, 0.3) is 5.76 Å². The molecule has 1 aliphatic rings. The second-order valence-electron chi connectivity index (χ2n) is 7.83. The average molecular weight is 475 g/mol. The van der Waals surface area contributed by atoms with Crippen LogP contribution in [0.1, 0.15) is 29.7 Å². The first-order chi connectivity index (χ1) is 17.0. The number of aliphatic hydroxyl groups excluding tert-OH is 1. The number of hydrogen-bond acceptors (Lipinski definition) is 7. The second kappa shape index (κ2) is 10.3. The molecule has 35 heavy (non-hydrogen) atoms. The minimum Gasteiger partial charge on any atom is -0.507 e. The largest absolute Gasteiger partial charge is 0.507 e. The molecule has 1 fully saturated rings. The van der Waals surface area contributed by atoms with Gasteiger partial charge < -0.3 is 24.2 Å². The quantitative estimate of drug-likeness (QED) is 0.298. The highest BCUT2D eigenvalue weighted by Crippen LogP contribution is 2.46. The molecule has 1 amide bonds. The van der Waals surface area contributed by atoms with Gasteiger partial charge in [0.05, 0.1) is 32.4 Å². The Morgan fingerprint density at radius 2 is 1.80 bits per heavy atom. The van der Waals surface area contributed by atoms with Crippen molar-refractivity contribution in [1.82, 2.24) is 9.88 Å². The molecular weight excluding hydrogens is 448 g/mol. The first-order valence-corrected chi connectivity index (χ1v) is 11.1. The first-order valence-electron chi connectivity index (χ1n) is 11.1. The van der Waals surface area contributed by atoms with Crippen LogP contribution in [0.5, 0.6) is 17.2 Å². The molecule has 1 saturated heterocycles. The number of pyridine rings is 1. The maximum Gasteiger partial charge on any atom is 0.295 e. The maximum absolute atomic E-state index is 13.3. The number of amides is 1. The molecule has 0 radical (unpaired) electrons. The van der Waals surface area contributed by atoms with Gasteiger partial charge in [-0.15, -0.1) is 0 Å². The number of likely N-dealkylation sites (tertiary alicyclic amines) is 1. The number of methoxy groups -OCH3 is 2. The molecule has 180 valence electrons. The van der Waals surface area contributed by atoms with Crippen LogP contribution < -0.4 is 14.2 Å². The summed E-state index contributed by atoms with van der Waals surface area (Å²) < 4.78 is 16.5. The van der Waals surface area contributed by atoms with E-state index in [0.29, 0.717) is 35.0 Å². The van der Waals surface area contributed by atoms with Gasteiger partial charge in [0.15, 0.2) is 11.5 Å². The molecule has 1 unspecified atom stereocenters. The molecule has 0 aliphatic carbocycles. The van der Waals surface area contributed by atoms with E-state index >= 15 is 0 Å². The molecule has 2 aromatic carbocycles. The van der Waals surface area contributed by atoms with Gasteiger partial charge in [-0.25, -0.2) is 0 Å². The SMILES string of the molecule is CCOc1ccc(/C(O)=C2\C(=O)C(=O)N(Cc3cccnc3)C2c2cccc(OC)c2OC)cc1. The fraction of sp³-hybridized carbons (Fsp3) is 0.222. The Morgan fingerprint density at radius 1 is 1.03 bits per heavy atom. The highest BCUT2D eigenvalue weighted by atomic mass is 16.5. The standard InChI is InChI=1S/C27H26N2O6/c1-4-35-19-12-10-18(11-13-19)24(30)22-23(20-8-5-9-21(33-2)26(20)34-3)29(27(32)25(22)31)16-17-7-6-14-28-15-17/h5-15,23,30H,4,16H2,1-3H3/b24-22+. The number of benzene rings is 2. The molecule has 3 aromatic rings. The molecule has 1 atom stereocenters. The minimum atomic E-state index is -0.910. The molecule has 0 spiro atoms. The number of aliphatic hydroxyl groups is 1. The predicted molar refractivity (Wildman–Crippen MR) is 129 cm³/mol. The second-order valence-corrected chi connectivity index (χ2v) is 7.83. The van der Waals surface area contributed by atoms with Crippen molar-refractivity contribution in [3.8, 4) is 17.2 Å². The lowest BCUT2D eigenvalue weighted by Gasteiger charge is -2.27. The fourth-order valence-electron chi connectivity index (χ4n) is 4.21. The van der Waals surface area contributed by atoms with Crippen LogP contribution >= 0.6 is 0 Å². The van der Waals surface area contributed by atoms with Crippen LogP contribution in [0.2, 0.25) is 0 Å². The number of carbonyl (C=O) groups is 2. The number of rotatable bonds is 8. The lowest BCUT2D eigenvalue weighted by atomic mass is 9.94. The molecule has 2 heterocycles. The Bertz CT molecular complexity index is 1250. The predicted octanol–water partition coefficient (Wildman–Crippen LogP) is 4.12. The van der Waals surface area contributed by atoms with Gasteiger partial charge >= 0.3 is 0 Å². The number of aromatic nitrogens is 1. The van der Waals surface area contributed by atoms with Gasteiger partial charge in [0.1, 0.15) is 11.5 Å². The molecule has 1 aromatic heterocycles. The summed E-state index contributed by atoms with van der Waals surface area (Å²) in [6, 6.07) is 14.6. The van der Waals surface area contributed by atoms with Gasteiger partial charge in [0, 0.05) is 30.1 Å². The molecular formula is C27H26N2O6. The highest BCUT2D eigenvalue weighted by molar-refractivity contribution is 6.46. The van der Waals surface area contributed by atoms with Crippen LogP contribution in [-0.4, -0.2) is 47.5 Å². The van der Waals surface area contributed by atoms with Crippen LogP contribution in [0.15, 0.2) is 72.6 Å². The Kier molecular flexibility index (Phi) is 7.01. The molecule has 4 rings (SSSR count). The van der Waals surface area contributed by atoms with E-state index in [2.05, 4.69) is 4.98 Å². The molecule has 1 N–H and O–H groups in total. The summed E-state index contributed by atoms with van der Waals surface area (Å²) in [5, 5.41) is 11.3. The van der Waals surface area contributed by atoms with Gasteiger partial charge in [0.2, 0.25) is 0 Å². The van der Waals surface area contributed by atoms with E-state index in [9.17, 15) is 14.7 Å². The third-order valence-corrected chi connectivity index (χ3v) is 5.78. The van der Waals surface area contributed by atoms with E-state index in [4.69, 9.17) is 14.2 Å². The van der Waals surface area contributed by atoms with Crippen molar-refractivity contribution in [2.75, 3.05) is 20.8 Å². The summed E-state index contributed by atoms with van der Waals surface area (Å²) in [5.41, 5.74) is 1.61. The summed E-state index contributed by atoms with van der Waals surface area (Å²) in [5.74, 6) is -0.345. The van der Waals surface area contributed by atoms with Crippen molar-refractivity contribution >= 4 is 17.4 Å². The molecule has 8 nitrogen and oxygen atoms in total. The number of Topliss-reactive ketones (excluding diaryl/α,β-unsaturated/α-hetero) is 1. The number of nitrogens with zero attached hydrogens (tertiary/aromatic N) is 2. The Balaban J connectivity index is 1.89. The van der Waals surface area contributed by atoms with Gasteiger partial charge in [-0.2, -0.15) is 0 Å². The molecule has 8 heteroatoms. The summed E-state index contributed by atoms with van der Waals surface area (Å²) in [7, 11) is 3.00. The zero-order chi connectivity index (χ0) is 24.9. The third kappa shape index (κ3) is 4.55. The van der Waals surface area contributed by atoms with Gasteiger partial charge in [0.25, 0.3) is 11.7 Å². The topological polar surface area (TPSA) is 98.2 Å². The van der Waals surface area contributed by atoms with E-state index in [1.54, 1.807) is 60.9 Å². The van der Waals surface area contributed by atoms with Gasteiger partial charge in [-0.3, -0.25) is 14.6 Å². The summed E-state index contributed by atoms with van der Waals surface area (Å²) in [6.07, 6.45) is 3.26. The van der Waals surface area contributed by atoms with Crippen LogP contribution in [0, 0.1) is 0 Å². The number of hydrogen-bond donors (Lipinski definition) is 1. The lowest BCUT2D eigenvalue weighted by Crippen LogP contribution is -2.29. The van der Waals surface area contributed by atoms with Crippen molar-refractivity contribution in [3.63, 3.8) is 0 Å². The lowest BCUT2D eigenvalue weighted by molar-refractivity contribution is -0.140. The van der Waals surface area contributed by atoms with Crippen LogP contribution in [0.4, 0.5) is 0 Å². The van der Waals surface area contributed by atoms with E-state index in [1.165, 1.54) is 19.1 Å². The van der Waals surface area contributed by atoms with Crippen LogP contribution in [-0.2, 0) is 16.1 Å². The van der Waals surface area contributed by atoms with Crippen molar-refractivity contribution in [2.24, 2.45) is 0 Å². The maximum atomic E-state index is 13.3. The smallest absolute Gasteiger partial charge is 0.295 e. The Hall–Kier alpha value is -4.33. The average Bonchev–Trinajstić information content (AvgIpc) is 3.13. The van der Waals surface area contributed by atoms with Crippen LogP contribution in [0.3, 0.4) is 0 Å². The minimum absolute atomic E-state index is 0.0328. The van der Waals surface area contributed by atoms with E-state index < -0.39 is 17.7 Å². The zero-order valence-corrected chi connectivity index (χ0v) is 19.7. The monoisotopic (exact) mass is 474 g/mol. The van der Waals surface area contributed by atoms with Crippen molar-refractivity contribution in [3.05, 3.63) is 89.3 Å². The Morgan fingerprint density at radius 3 is 2.43 bits per heavy atom. The number of carbonyl (C=O) groups excluding carboxylic acids is 2. The summed E-state index contributed by atoms with van der Waals surface area (Å²) in [6.45, 7) is 2.49. The molecule has 0 bridgehead atoms. The van der Waals surface area contributed by atoms with Crippen molar-refractivity contribution in [1.29, 1.82) is 0 Å². The summed E-state index contributed by atoms with van der Waals surface area (Å²) in [4.78, 5) is 32.1. The number of ketones is 1.